The van der Waals surface area contributed by atoms with Crippen molar-refractivity contribution in [1.82, 2.24) is 25.8 Å². The van der Waals surface area contributed by atoms with Crippen LogP contribution in [0.3, 0.4) is 0 Å². The Bertz CT molecular complexity index is 1050. The van der Waals surface area contributed by atoms with Crippen molar-refractivity contribution in [2.24, 2.45) is 4.99 Å². The summed E-state index contributed by atoms with van der Waals surface area (Å²) in [5, 5.41) is 13.4. The van der Waals surface area contributed by atoms with Crippen LogP contribution in [0.5, 0.6) is 0 Å². The quantitative estimate of drug-likeness (QED) is 0.226. The molecule has 3 N–H and O–H groups in total. The molecule has 0 bridgehead atoms. The lowest BCUT2D eigenvalue weighted by molar-refractivity contribution is 0.577. The number of halogens is 1. The van der Waals surface area contributed by atoms with E-state index >= 15 is 0 Å². The molecule has 0 aliphatic rings. The molecule has 0 aliphatic carbocycles. The summed E-state index contributed by atoms with van der Waals surface area (Å²) in [4.78, 5) is 9.20. The number of hydrogen-bond acceptors (Lipinski definition) is 6. The molecule has 0 fully saturated rings. The number of nitrogens with zero attached hydrogens (tertiary/aromatic N) is 3. The van der Waals surface area contributed by atoms with Crippen molar-refractivity contribution in [3.63, 3.8) is 0 Å². The number of furan rings is 1. The van der Waals surface area contributed by atoms with Crippen LogP contribution in [0.15, 0.2) is 57.0 Å². The fourth-order valence-electron chi connectivity index (χ4n) is 2.61. The molecule has 0 saturated heterocycles. The molecule has 0 amide bonds. The minimum Gasteiger partial charge on any atom is -0.461 e. The van der Waals surface area contributed by atoms with Gasteiger partial charge in [-0.1, -0.05) is 12.1 Å². The van der Waals surface area contributed by atoms with E-state index in [9.17, 15) is 8.42 Å². The van der Waals surface area contributed by atoms with Crippen LogP contribution in [0.2, 0.25) is 0 Å². The number of nitrogens with one attached hydrogen (secondary N) is 3. The molecule has 3 rings (SSSR count). The highest BCUT2D eigenvalue weighted by atomic mass is 127. The molecule has 30 heavy (non-hydrogen) atoms. The van der Waals surface area contributed by atoms with Crippen LogP contribution in [0.25, 0.3) is 11.6 Å². The average molecular weight is 544 g/mol. The summed E-state index contributed by atoms with van der Waals surface area (Å²) in [5.74, 6) is 2.39. The van der Waals surface area contributed by atoms with Gasteiger partial charge in [0.05, 0.1) is 11.2 Å². The second-order valence-electron chi connectivity index (χ2n) is 6.37. The monoisotopic (exact) mass is 544 g/mol. The Kier molecular flexibility index (Phi) is 8.84. The molecule has 2 heterocycles. The summed E-state index contributed by atoms with van der Waals surface area (Å²) in [5.41, 5.74) is 1.04. The highest BCUT2D eigenvalue weighted by Crippen LogP contribution is 2.14. The minimum atomic E-state index is -3.17. The Hall–Kier alpha value is -2.41. The number of H-pyrrole nitrogens is 1. The van der Waals surface area contributed by atoms with Crippen LogP contribution in [0, 0.1) is 0 Å². The summed E-state index contributed by atoms with van der Waals surface area (Å²) in [6, 6.07) is 10.5. The van der Waals surface area contributed by atoms with E-state index in [4.69, 9.17) is 4.42 Å². The first-order valence-electron chi connectivity index (χ1n) is 9.22. The Morgan fingerprint density at radius 3 is 2.60 bits per heavy atom. The van der Waals surface area contributed by atoms with Crippen molar-refractivity contribution in [2.45, 2.75) is 24.8 Å². The van der Waals surface area contributed by atoms with Crippen molar-refractivity contribution in [3.05, 3.63) is 54.0 Å². The van der Waals surface area contributed by atoms with Crippen molar-refractivity contribution in [3.8, 4) is 11.6 Å². The zero-order valence-corrected chi connectivity index (χ0v) is 19.9. The number of aromatic nitrogens is 3. The maximum Gasteiger partial charge on any atom is 0.216 e. The van der Waals surface area contributed by atoms with E-state index in [0.717, 1.165) is 18.5 Å². The first-order valence-corrected chi connectivity index (χ1v) is 11.1. The van der Waals surface area contributed by atoms with Crippen molar-refractivity contribution in [2.75, 3.05) is 19.3 Å². The third kappa shape index (κ3) is 6.83. The van der Waals surface area contributed by atoms with E-state index in [0.29, 0.717) is 41.4 Å². The summed E-state index contributed by atoms with van der Waals surface area (Å²) >= 11 is 0. The smallest absolute Gasteiger partial charge is 0.216 e. The second kappa shape index (κ2) is 11.1. The van der Waals surface area contributed by atoms with E-state index in [2.05, 4.69) is 30.8 Å². The Balaban J connectivity index is 0.00000320. The van der Waals surface area contributed by atoms with Gasteiger partial charge in [-0.25, -0.2) is 18.4 Å². The molecule has 9 nitrogen and oxygen atoms in total. The number of hydrogen-bond donors (Lipinski definition) is 3. The molecular weight excluding hydrogens is 519 g/mol. The van der Waals surface area contributed by atoms with E-state index in [-0.39, 0.29) is 24.0 Å². The van der Waals surface area contributed by atoms with Gasteiger partial charge >= 0.3 is 0 Å². The van der Waals surface area contributed by atoms with Gasteiger partial charge in [-0.3, -0.25) is 5.10 Å². The van der Waals surface area contributed by atoms with Crippen molar-refractivity contribution >= 4 is 39.8 Å². The fraction of sp³-hybridized carbons (Fsp3) is 0.316. The Morgan fingerprint density at radius 1 is 1.20 bits per heavy atom. The van der Waals surface area contributed by atoms with Gasteiger partial charge in [0.1, 0.15) is 12.4 Å². The maximum atomic E-state index is 11.5. The number of rotatable bonds is 8. The largest absolute Gasteiger partial charge is 0.461 e. The number of guanidine groups is 1. The van der Waals surface area contributed by atoms with E-state index < -0.39 is 9.84 Å². The summed E-state index contributed by atoms with van der Waals surface area (Å²) in [7, 11) is -3.17. The summed E-state index contributed by atoms with van der Waals surface area (Å²) < 4.78 is 28.3. The number of sulfone groups is 1. The normalized spacial score (nSPS) is 11.7. The number of aliphatic imine (C=N–C) groups is 1. The van der Waals surface area contributed by atoms with Gasteiger partial charge in [0, 0.05) is 19.3 Å². The summed E-state index contributed by atoms with van der Waals surface area (Å²) in [6.07, 6.45) is 3.51. The summed E-state index contributed by atoms with van der Waals surface area (Å²) in [6.45, 7) is 3.71. The van der Waals surface area contributed by atoms with Crippen molar-refractivity contribution in [1.29, 1.82) is 0 Å². The first-order chi connectivity index (χ1) is 14.0. The van der Waals surface area contributed by atoms with Crippen molar-refractivity contribution < 1.29 is 12.8 Å². The molecule has 1 aromatic carbocycles. The van der Waals surface area contributed by atoms with E-state index in [1.165, 1.54) is 6.26 Å². The van der Waals surface area contributed by atoms with Gasteiger partial charge in [0.15, 0.2) is 21.6 Å². The standard InChI is InChI=1S/C19H24N6O3S.HI/c1-3-20-19(21-11-10-14-6-8-15(9-7-14)29(2,26)27)22-13-17-23-18(25-24-17)16-5-4-12-28-16;/h4-9,12H,3,10-11,13H2,1-2H3,(H2,20,21,22)(H,23,24,25);1H. The Labute approximate surface area is 192 Å². The zero-order valence-electron chi connectivity index (χ0n) is 16.8. The van der Waals surface area contributed by atoms with Crippen LogP contribution in [0.4, 0.5) is 0 Å². The predicted octanol–water partition coefficient (Wildman–Crippen LogP) is 2.38. The fourth-order valence-corrected chi connectivity index (χ4v) is 3.24. The van der Waals surface area contributed by atoms with E-state index in [1.54, 1.807) is 30.5 Å². The zero-order chi connectivity index (χ0) is 20.7. The van der Waals surface area contributed by atoms with Gasteiger partial charge in [0.25, 0.3) is 0 Å². The molecule has 0 aliphatic heterocycles. The second-order valence-corrected chi connectivity index (χ2v) is 8.39. The van der Waals surface area contributed by atoms with Gasteiger partial charge < -0.3 is 15.1 Å². The molecule has 11 heteroatoms. The average Bonchev–Trinajstić information content (AvgIpc) is 3.37. The van der Waals surface area contributed by atoms with Gasteiger partial charge in [-0.15, -0.1) is 29.1 Å². The molecule has 0 unspecified atom stereocenters. The van der Waals surface area contributed by atoms with Gasteiger partial charge in [0.2, 0.25) is 5.82 Å². The molecule has 3 aromatic rings. The van der Waals surface area contributed by atoms with Gasteiger partial charge in [-0.05, 0) is 43.2 Å². The maximum absolute atomic E-state index is 11.5. The molecular formula is C19H25IN6O3S. The lowest BCUT2D eigenvalue weighted by Gasteiger charge is -2.11. The van der Waals surface area contributed by atoms with Crippen LogP contribution in [-0.4, -0.2) is 48.9 Å². The third-order valence-electron chi connectivity index (χ3n) is 4.06. The lowest BCUT2D eigenvalue weighted by Crippen LogP contribution is -2.38. The molecule has 162 valence electrons. The first kappa shape index (κ1) is 23.9. The molecule has 2 aromatic heterocycles. The van der Waals surface area contributed by atoms with E-state index in [1.807, 2.05) is 19.1 Å². The van der Waals surface area contributed by atoms with Gasteiger partial charge in [-0.2, -0.15) is 0 Å². The topological polar surface area (TPSA) is 125 Å². The SMILES string of the molecule is CCNC(=NCc1nc(-c2ccco2)n[nH]1)NCCc1ccc(S(C)(=O)=O)cc1.I. The van der Waals surface area contributed by atoms with Crippen LogP contribution in [-0.2, 0) is 22.8 Å². The molecule has 0 atom stereocenters. The highest BCUT2D eigenvalue weighted by molar-refractivity contribution is 14.0. The van der Waals surface area contributed by atoms with Crippen LogP contribution < -0.4 is 10.6 Å². The predicted molar refractivity (Wildman–Crippen MR) is 126 cm³/mol. The number of aromatic amines is 1. The van der Waals surface area contributed by atoms with Crippen LogP contribution >= 0.6 is 24.0 Å². The lowest BCUT2D eigenvalue weighted by atomic mass is 10.1. The Morgan fingerprint density at radius 2 is 1.97 bits per heavy atom. The molecule has 0 radical (unpaired) electrons. The molecule has 0 spiro atoms. The third-order valence-corrected chi connectivity index (χ3v) is 5.19. The van der Waals surface area contributed by atoms with Crippen LogP contribution in [0.1, 0.15) is 18.3 Å². The number of benzene rings is 1. The highest BCUT2D eigenvalue weighted by Gasteiger charge is 2.08. The molecule has 0 saturated carbocycles. The minimum absolute atomic E-state index is 0.